The van der Waals surface area contributed by atoms with Gasteiger partial charge in [0.15, 0.2) is 0 Å². The van der Waals surface area contributed by atoms with E-state index in [0.717, 1.165) is 25.9 Å². The molecule has 0 atom stereocenters. The molecule has 0 saturated carbocycles. The Labute approximate surface area is 55.5 Å². The van der Waals surface area contributed by atoms with Gasteiger partial charge in [-0.05, 0) is 0 Å². The molecule has 0 spiro atoms. The van der Waals surface area contributed by atoms with Gasteiger partial charge in [-0.1, -0.05) is 0 Å². The lowest BCUT2D eigenvalue weighted by Gasteiger charge is -2.12. The molecular formula is C6H13N3. The van der Waals surface area contributed by atoms with Crippen molar-refractivity contribution in [3.05, 3.63) is 0 Å². The van der Waals surface area contributed by atoms with Crippen molar-refractivity contribution in [2.24, 2.45) is 5.10 Å². The highest BCUT2D eigenvalue weighted by Gasteiger charge is 2.03. The van der Waals surface area contributed by atoms with Crippen LogP contribution in [0.25, 0.3) is 0 Å². The maximum atomic E-state index is 4.11. The molecule has 9 heavy (non-hydrogen) atoms. The molecule has 0 amide bonds. The largest absolute Gasteiger partial charge is 0.316 e. The molecule has 1 fully saturated rings. The molecule has 1 heterocycles. The number of piperidine rings is 1. The molecule has 0 aromatic heterocycles. The van der Waals surface area contributed by atoms with Gasteiger partial charge in [-0.15, -0.1) is 0 Å². The lowest BCUT2D eigenvalue weighted by molar-refractivity contribution is 0.663. The summed E-state index contributed by atoms with van der Waals surface area (Å²) < 4.78 is 0. The molecule has 0 bridgehead atoms. The van der Waals surface area contributed by atoms with Gasteiger partial charge < -0.3 is 10.7 Å². The van der Waals surface area contributed by atoms with Crippen molar-refractivity contribution in [3.8, 4) is 0 Å². The van der Waals surface area contributed by atoms with Crippen molar-refractivity contribution in [2.45, 2.75) is 12.8 Å². The van der Waals surface area contributed by atoms with Gasteiger partial charge in [0, 0.05) is 38.7 Å². The summed E-state index contributed by atoms with van der Waals surface area (Å²) in [5, 5.41) is 7.37. The minimum Gasteiger partial charge on any atom is -0.316 e. The van der Waals surface area contributed by atoms with Crippen LogP contribution in [0.1, 0.15) is 12.8 Å². The fourth-order valence-electron chi connectivity index (χ4n) is 0.985. The van der Waals surface area contributed by atoms with E-state index in [4.69, 9.17) is 0 Å². The molecule has 0 unspecified atom stereocenters. The molecule has 1 rings (SSSR count). The van der Waals surface area contributed by atoms with E-state index >= 15 is 0 Å². The Morgan fingerprint density at radius 2 is 2.11 bits per heavy atom. The average molecular weight is 127 g/mol. The molecule has 1 saturated heterocycles. The third-order valence-corrected chi connectivity index (χ3v) is 1.45. The zero-order chi connectivity index (χ0) is 6.53. The SMILES string of the molecule is CNN=C1CCNCC1. The molecule has 52 valence electrons. The van der Waals surface area contributed by atoms with Crippen LogP contribution in [-0.2, 0) is 0 Å². The monoisotopic (exact) mass is 127 g/mol. The first kappa shape index (κ1) is 6.55. The predicted octanol–water partition coefficient (Wildman–Crippen LogP) is -0.0548. The fourth-order valence-corrected chi connectivity index (χ4v) is 0.985. The summed E-state index contributed by atoms with van der Waals surface area (Å²) in [5.74, 6) is 0. The highest BCUT2D eigenvalue weighted by atomic mass is 15.3. The highest BCUT2D eigenvalue weighted by molar-refractivity contribution is 5.85. The summed E-state index contributed by atoms with van der Waals surface area (Å²) >= 11 is 0. The van der Waals surface area contributed by atoms with Crippen LogP contribution in [0.4, 0.5) is 0 Å². The van der Waals surface area contributed by atoms with Crippen LogP contribution in [0.2, 0.25) is 0 Å². The topological polar surface area (TPSA) is 36.4 Å². The minimum absolute atomic E-state index is 1.08. The number of rotatable bonds is 1. The van der Waals surface area contributed by atoms with Crippen molar-refractivity contribution >= 4 is 5.71 Å². The van der Waals surface area contributed by atoms with Gasteiger partial charge in [-0.3, -0.25) is 0 Å². The second-order valence-corrected chi connectivity index (χ2v) is 2.15. The maximum absolute atomic E-state index is 4.11. The van der Waals surface area contributed by atoms with E-state index in [0.29, 0.717) is 0 Å². The third-order valence-electron chi connectivity index (χ3n) is 1.45. The van der Waals surface area contributed by atoms with Crippen LogP contribution in [0.3, 0.4) is 0 Å². The summed E-state index contributed by atoms with van der Waals surface area (Å²) in [6, 6.07) is 0. The lowest BCUT2D eigenvalue weighted by atomic mass is 10.1. The Balaban J connectivity index is 2.30. The van der Waals surface area contributed by atoms with Crippen LogP contribution < -0.4 is 10.7 Å². The van der Waals surface area contributed by atoms with Crippen molar-refractivity contribution < 1.29 is 0 Å². The Morgan fingerprint density at radius 3 is 2.67 bits per heavy atom. The van der Waals surface area contributed by atoms with Crippen LogP contribution in [-0.4, -0.2) is 25.8 Å². The third kappa shape index (κ3) is 2.01. The number of nitrogens with one attached hydrogen (secondary N) is 2. The second kappa shape index (κ2) is 3.45. The molecule has 0 aromatic carbocycles. The smallest absolute Gasteiger partial charge is 0.0403 e. The summed E-state index contributed by atoms with van der Waals surface area (Å²) in [4.78, 5) is 0. The molecule has 0 aromatic rings. The van der Waals surface area contributed by atoms with E-state index < -0.39 is 0 Å². The van der Waals surface area contributed by atoms with Gasteiger partial charge in [0.2, 0.25) is 0 Å². The van der Waals surface area contributed by atoms with Crippen molar-refractivity contribution in [3.63, 3.8) is 0 Å². The second-order valence-electron chi connectivity index (χ2n) is 2.15. The van der Waals surface area contributed by atoms with E-state index in [1.54, 1.807) is 0 Å². The quantitative estimate of drug-likeness (QED) is 0.484. The Morgan fingerprint density at radius 1 is 1.44 bits per heavy atom. The molecule has 0 aliphatic carbocycles. The molecule has 3 heteroatoms. The van der Waals surface area contributed by atoms with Gasteiger partial charge >= 0.3 is 0 Å². The molecule has 0 radical (unpaired) electrons. The first-order valence-electron chi connectivity index (χ1n) is 3.36. The normalized spacial score (nSPS) is 19.4. The van der Waals surface area contributed by atoms with E-state index in [9.17, 15) is 0 Å². The van der Waals surface area contributed by atoms with Crippen LogP contribution in [0.5, 0.6) is 0 Å². The van der Waals surface area contributed by atoms with Crippen LogP contribution in [0.15, 0.2) is 5.10 Å². The van der Waals surface area contributed by atoms with Crippen LogP contribution >= 0.6 is 0 Å². The number of hydrogen-bond acceptors (Lipinski definition) is 3. The minimum atomic E-state index is 1.08. The van der Waals surface area contributed by atoms with E-state index in [2.05, 4.69) is 15.8 Å². The molecule has 2 N–H and O–H groups in total. The van der Waals surface area contributed by atoms with E-state index in [-0.39, 0.29) is 0 Å². The average Bonchev–Trinajstić information content (AvgIpc) is 1.91. The number of hydrazone groups is 1. The van der Waals surface area contributed by atoms with Crippen molar-refractivity contribution in [1.82, 2.24) is 10.7 Å². The maximum Gasteiger partial charge on any atom is 0.0403 e. The summed E-state index contributed by atoms with van der Waals surface area (Å²) in [7, 11) is 1.84. The molecule has 1 aliphatic heterocycles. The molecular weight excluding hydrogens is 114 g/mol. The zero-order valence-corrected chi connectivity index (χ0v) is 5.78. The van der Waals surface area contributed by atoms with Gasteiger partial charge in [-0.25, -0.2) is 0 Å². The molecule has 3 nitrogen and oxygen atoms in total. The first-order chi connectivity index (χ1) is 4.43. The highest BCUT2D eigenvalue weighted by Crippen LogP contribution is 1.95. The van der Waals surface area contributed by atoms with Crippen LogP contribution in [0, 0.1) is 0 Å². The van der Waals surface area contributed by atoms with Crippen molar-refractivity contribution in [1.29, 1.82) is 0 Å². The van der Waals surface area contributed by atoms with Gasteiger partial charge in [-0.2, -0.15) is 5.10 Å². The standard InChI is InChI=1S/C6H13N3/c1-7-9-6-2-4-8-5-3-6/h7-8H,2-5H2,1H3. The predicted molar refractivity (Wildman–Crippen MR) is 38.6 cm³/mol. The first-order valence-corrected chi connectivity index (χ1v) is 3.36. The zero-order valence-electron chi connectivity index (χ0n) is 5.78. The van der Waals surface area contributed by atoms with E-state index in [1.165, 1.54) is 5.71 Å². The van der Waals surface area contributed by atoms with Gasteiger partial charge in [0.1, 0.15) is 0 Å². The summed E-state index contributed by atoms with van der Waals surface area (Å²) in [6.07, 6.45) is 2.20. The Bertz CT molecular complexity index is 101. The number of nitrogens with zero attached hydrogens (tertiary/aromatic N) is 1. The Kier molecular flexibility index (Phi) is 2.51. The Hall–Kier alpha value is -0.570. The summed E-state index contributed by atoms with van der Waals surface area (Å²) in [5.41, 5.74) is 4.09. The van der Waals surface area contributed by atoms with Gasteiger partial charge in [0.05, 0.1) is 0 Å². The summed E-state index contributed by atoms with van der Waals surface area (Å²) in [6.45, 7) is 2.17. The van der Waals surface area contributed by atoms with E-state index in [1.807, 2.05) is 7.05 Å². The fraction of sp³-hybridized carbons (Fsp3) is 0.833. The molecule has 1 aliphatic rings. The number of hydrogen-bond donors (Lipinski definition) is 2. The van der Waals surface area contributed by atoms with Crippen molar-refractivity contribution in [2.75, 3.05) is 20.1 Å². The lowest BCUT2D eigenvalue weighted by Crippen LogP contribution is -2.28. The van der Waals surface area contributed by atoms with Gasteiger partial charge in [0.25, 0.3) is 0 Å².